The molecule has 128 valence electrons. The summed E-state index contributed by atoms with van der Waals surface area (Å²) in [5.74, 6) is -1.52. The van der Waals surface area contributed by atoms with Crippen molar-refractivity contribution >= 4 is 46.1 Å². The molecule has 2 heterocycles. The number of carbonyl (C=O) groups is 3. The SMILES string of the molecule is COc1ccc(F)cc1C(=O)CN1C(=O)S/C(=C\c2cccs2)C1=O. The molecule has 0 saturated carbocycles. The van der Waals surface area contributed by atoms with Crippen LogP contribution in [0.25, 0.3) is 6.08 Å². The minimum Gasteiger partial charge on any atom is -0.496 e. The molecule has 5 nitrogen and oxygen atoms in total. The van der Waals surface area contributed by atoms with E-state index < -0.39 is 29.3 Å². The number of carbonyl (C=O) groups excluding carboxylic acids is 3. The van der Waals surface area contributed by atoms with E-state index in [-0.39, 0.29) is 16.2 Å². The molecule has 1 aliphatic rings. The topological polar surface area (TPSA) is 63.7 Å². The second-order valence-electron chi connectivity index (χ2n) is 5.05. The first-order valence-electron chi connectivity index (χ1n) is 7.15. The lowest BCUT2D eigenvalue weighted by atomic mass is 10.1. The van der Waals surface area contributed by atoms with Gasteiger partial charge in [-0.05, 0) is 47.5 Å². The van der Waals surface area contributed by atoms with Crippen LogP contribution < -0.4 is 4.74 Å². The number of thioether (sulfide) groups is 1. The zero-order valence-corrected chi connectivity index (χ0v) is 14.7. The minimum atomic E-state index is -0.601. The van der Waals surface area contributed by atoms with Crippen LogP contribution in [0, 0.1) is 5.82 Å². The molecule has 2 amide bonds. The van der Waals surface area contributed by atoms with Gasteiger partial charge in [-0.25, -0.2) is 4.39 Å². The number of hydrogen-bond donors (Lipinski definition) is 0. The van der Waals surface area contributed by atoms with Gasteiger partial charge in [0.25, 0.3) is 11.1 Å². The molecule has 0 spiro atoms. The first-order valence-corrected chi connectivity index (χ1v) is 8.85. The van der Waals surface area contributed by atoms with Crippen LogP contribution in [0.15, 0.2) is 40.6 Å². The summed E-state index contributed by atoms with van der Waals surface area (Å²) in [4.78, 5) is 38.9. The summed E-state index contributed by atoms with van der Waals surface area (Å²) in [5, 5.41) is 1.33. The van der Waals surface area contributed by atoms with Crippen molar-refractivity contribution in [2.75, 3.05) is 13.7 Å². The van der Waals surface area contributed by atoms with Gasteiger partial charge >= 0.3 is 0 Å². The summed E-state index contributed by atoms with van der Waals surface area (Å²) in [6, 6.07) is 7.18. The number of nitrogens with zero attached hydrogens (tertiary/aromatic N) is 1. The van der Waals surface area contributed by atoms with E-state index in [1.807, 2.05) is 17.5 Å². The van der Waals surface area contributed by atoms with E-state index in [9.17, 15) is 18.8 Å². The molecule has 1 fully saturated rings. The summed E-state index contributed by atoms with van der Waals surface area (Å²) in [7, 11) is 1.36. The van der Waals surface area contributed by atoms with Crippen molar-refractivity contribution in [3.8, 4) is 5.75 Å². The van der Waals surface area contributed by atoms with Gasteiger partial charge in [0, 0.05) is 4.88 Å². The van der Waals surface area contributed by atoms with Crippen LogP contribution in [0.5, 0.6) is 5.75 Å². The van der Waals surface area contributed by atoms with Crippen LogP contribution in [0.2, 0.25) is 0 Å². The summed E-state index contributed by atoms with van der Waals surface area (Å²) in [6.07, 6.45) is 1.61. The fourth-order valence-corrected chi connectivity index (χ4v) is 3.83. The van der Waals surface area contributed by atoms with Crippen molar-refractivity contribution < 1.29 is 23.5 Å². The number of ether oxygens (including phenoxy) is 1. The Labute approximate surface area is 151 Å². The molecule has 1 saturated heterocycles. The molecule has 0 radical (unpaired) electrons. The van der Waals surface area contributed by atoms with Gasteiger partial charge in [0.1, 0.15) is 11.6 Å². The second kappa shape index (κ2) is 7.20. The Balaban J connectivity index is 1.81. The normalized spacial score (nSPS) is 15.9. The van der Waals surface area contributed by atoms with Gasteiger partial charge in [-0.15, -0.1) is 11.3 Å². The molecule has 2 aromatic rings. The lowest BCUT2D eigenvalue weighted by molar-refractivity contribution is -0.122. The molecular weight excluding hydrogens is 365 g/mol. The highest BCUT2D eigenvalue weighted by molar-refractivity contribution is 8.18. The van der Waals surface area contributed by atoms with E-state index >= 15 is 0 Å². The van der Waals surface area contributed by atoms with Crippen molar-refractivity contribution in [2.45, 2.75) is 0 Å². The molecule has 0 bridgehead atoms. The van der Waals surface area contributed by atoms with Crippen molar-refractivity contribution in [1.29, 1.82) is 0 Å². The van der Waals surface area contributed by atoms with Gasteiger partial charge in [-0.1, -0.05) is 6.07 Å². The van der Waals surface area contributed by atoms with Gasteiger partial charge in [0.05, 0.1) is 24.1 Å². The van der Waals surface area contributed by atoms with Crippen LogP contribution in [0.4, 0.5) is 9.18 Å². The molecule has 25 heavy (non-hydrogen) atoms. The fourth-order valence-electron chi connectivity index (χ4n) is 2.27. The van der Waals surface area contributed by atoms with E-state index in [4.69, 9.17) is 4.74 Å². The minimum absolute atomic E-state index is 0.0104. The van der Waals surface area contributed by atoms with Crippen molar-refractivity contribution in [3.63, 3.8) is 0 Å². The highest BCUT2D eigenvalue weighted by atomic mass is 32.2. The maximum atomic E-state index is 13.4. The Kier molecular flexibility index (Phi) is 5.00. The number of benzene rings is 1. The highest BCUT2D eigenvalue weighted by Gasteiger charge is 2.36. The number of thiophene rings is 1. The third-order valence-corrected chi connectivity index (χ3v) is 5.18. The highest BCUT2D eigenvalue weighted by Crippen LogP contribution is 2.33. The number of Topliss-reactive ketones (excluding diaryl/α,β-unsaturated/α-hetero) is 1. The lowest BCUT2D eigenvalue weighted by Gasteiger charge is -2.13. The third kappa shape index (κ3) is 3.64. The Bertz CT molecular complexity index is 877. The van der Waals surface area contributed by atoms with Crippen molar-refractivity contribution in [1.82, 2.24) is 4.90 Å². The Morgan fingerprint density at radius 3 is 2.80 bits per heavy atom. The lowest BCUT2D eigenvalue weighted by Crippen LogP contribution is -2.33. The molecule has 8 heteroatoms. The largest absolute Gasteiger partial charge is 0.496 e. The van der Waals surface area contributed by atoms with Crippen LogP contribution in [-0.2, 0) is 4.79 Å². The fraction of sp³-hybridized carbons (Fsp3) is 0.118. The van der Waals surface area contributed by atoms with Crippen molar-refractivity contribution in [3.05, 3.63) is 56.9 Å². The first kappa shape index (κ1) is 17.4. The molecule has 1 aromatic heterocycles. The van der Waals surface area contributed by atoms with E-state index in [0.717, 1.165) is 27.6 Å². The molecule has 0 unspecified atom stereocenters. The standard InChI is InChI=1S/C17H12FNO4S2/c1-23-14-5-4-10(18)7-12(14)13(20)9-19-16(21)15(25-17(19)22)8-11-3-2-6-24-11/h2-8H,9H2,1H3/b15-8-. The number of rotatable bonds is 5. The monoisotopic (exact) mass is 377 g/mol. The molecule has 0 aliphatic carbocycles. The smallest absolute Gasteiger partial charge is 0.293 e. The van der Waals surface area contributed by atoms with Gasteiger partial charge in [-0.3, -0.25) is 19.3 Å². The number of imide groups is 1. The number of methoxy groups -OCH3 is 1. The zero-order valence-electron chi connectivity index (χ0n) is 13.0. The number of halogens is 1. The molecule has 1 aliphatic heterocycles. The second-order valence-corrected chi connectivity index (χ2v) is 7.02. The Hall–Kier alpha value is -2.45. The number of amides is 2. The third-order valence-electron chi connectivity index (χ3n) is 3.45. The summed E-state index contributed by atoms with van der Waals surface area (Å²) >= 11 is 2.21. The number of hydrogen-bond acceptors (Lipinski definition) is 6. The van der Waals surface area contributed by atoms with Crippen LogP contribution >= 0.6 is 23.1 Å². The number of ketones is 1. The molecule has 1 aromatic carbocycles. The van der Waals surface area contributed by atoms with E-state index in [1.165, 1.54) is 30.6 Å². The zero-order chi connectivity index (χ0) is 18.0. The average molecular weight is 377 g/mol. The summed E-state index contributed by atoms with van der Waals surface area (Å²) in [5.41, 5.74) is -0.0104. The average Bonchev–Trinajstić information content (AvgIpc) is 3.19. The van der Waals surface area contributed by atoms with E-state index in [2.05, 4.69) is 0 Å². The molecule has 3 rings (SSSR count). The van der Waals surface area contributed by atoms with Gasteiger partial charge < -0.3 is 4.74 Å². The van der Waals surface area contributed by atoms with Gasteiger partial charge in [0.2, 0.25) is 0 Å². The van der Waals surface area contributed by atoms with Gasteiger partial charge in [-0.2, -0.15) is 0 Å². The predicted octanol–water partition coefficient (Wildman–Crippen LogP) is 3.82. The van der Waals surface area contributed by atoms with E-state index in [1.54, 1.807) is 6.08 Å². The first-order chi connectivity index (χ1) is 12.0. The Morgan fingerprint density at radius 2 is 2.12 bits per heavy atom. The summed E-state index contributed by atoms with van der Waals surface area (Å²) in [6.45, 7) is -0.466. The van der Waals surface area contributed by atoms with Crippen LogP contribution in [0.1, 0.15) is 15.2 Å². The maximum absolute atomic E-state index is 13.4. The Morgan fingerprint density at radius 1 is 1.32 bits per heavy atom. The molecule has 0 N–H and O–H groups in total. The predicted molar refractivity (Wildman–Crippen MR) is 94.3 cm³/mol. The summed E-state index contributed by atoms with van der Waals surface area (Å²) < 4.78 is 18.5. The van der Waals surface area contributed by atoms with Crippen LogP contribution in [-0.4, -0.2) is 35.5 Å². The quantitative estimate of drug-likeness (QED) is 0.586. The van der Waals surface area contributed by atoms with Crippen molar-refractivity contribution in [2.24, 2.45) is 0 Å². The van der Waals surface area contributed by atoms with E-state index in [0.29, 0.717) is 0 Å². The van der Waals surface area contributed by atoms with Gasteiger partial charge in [0.15, 0.2) is 5.78 Å². The molecule has 0 atom stereocenters. The van der Waals surface area contributed by atoms with Crippen LogP contribution in [0.3, 0.4) is 0 Å². The maximum Gasteiger partial charge on any atom is 0.293 e. The molecular formula is C17H12FNO4S2.